The summed E-state index contributed by atoms with van der Waals surface area (Å²) in [5.41, 5.74) is 4.95. The van der Waals surface area contributed by atoms with Gasteiger partial charge in [0.1, 0.15) is 0 Å². The molecule has 2 aromatic carbocycles. The quantitative estimate of drug-likeness (QED) is 0.191. The summed E-state index contributed by atoms with van der Waals surface area (Å²) in [5.74, 6) is 8.42. The van der Waals surface area contributed by atoms with Crippen molar-refractivity contribution < 1.29 is 0 Å². The maximum atomic E-state index is 6.37. The molecular formula is C27H30ClNS. The molecule has 3 heteroatoms. The zero-order valence-electron chi connectivity index (χ0n) is 18.0. The Kier molecular flexibility index (Phi) is 8.71. The number of rotatable bonds is 6. The molecule has 0 unspecified atom stereocenters. The minimum absolute atomic E-state index is 0.558. The maximum absolute atomic E-state index is 6.37. The molecule has 2 aromatic rings. The summed E-state index contributed by atoms with van der Waals surface area (Å²) in [7, 11) is 0. The number of aryl methyl sites for hydroxylation is 1. The molecule has 0 bridgehead atoms. The topological polar surface area (TPSA) is 12.4 Å². The van der Waals surface area contributed by atoms with E-state index in [1.807, 2.05) is 13.0 Å². The van der Waals surface area contributed by atoms with E-state index in [-0.39, 0.29) is 0 Å². The van der Waals surface area contributed by atoms with Gasteiger partial charge in [0.25, 0.3) is 0 Å². The Bertz CT molecular complexity index is 930. The van der Waals surface area contributed by atoms with Crippen molar-refractivity contribution in [1.82, 2.24) is 0 Å². The van der Waals surface area contributed by atoms with Crippen molar-refractivity contribution in [3.63, 3.8) is 0 Å². The average molecular weight is 436 g/mol. The third-order valence-electron chi connectivity index (χ3n) is 6.11. The largest absolute Gasteiger partial charge is 0.193 e. The minimum Gasteiger partial charge on any atom is -0.193 e. The second-order valence-electron chi connectivity index (χ2n) is 8.39. The van der Waals surface area contributed by atoms with Crippen LogP contribution < -0.4 is 0 Å². The van der Waals surface area contributed by atoms with Crippen LogP contribution in [-0.2, 0) is 0 Å². The molecule has 30 heavy (non-hydrogen) atoms. The summed E-state index contributed by atoms with van der Waals surface area (Å²) in [5, 5.41) is 2.99. The zero-order chi connectivity index (χ0) is 21.3. The van der Waals surface area contributed by atoms with Crippen molar-refractivity contribution in [2.45, 2.75) is 65.2 Å². The smallest absolute Gasteiger partial charge is 0.0955 e. The predicted molar refractivity (Wildman–Crippen MR) is 133 cm³/mol. The number of unbranched alkanes of at least 4 members (excludes halogenated alkanes) is 2. The highest BCUT2D eigenvalue weighted by atomic mass is 35.5. The number of benzene rings is 2. The van der Waals surface area contributed by atoms with E-state index in [1.165, 1.54) is 51.4 Å². The van der Waals surface area contributed by atoms with Gasteiger partial charge in [-0.05, 0) is 91.7 Å². The standard InChI is InChI=1S/C27H30ClNS/c1-3-4-5-6-21-7-9-22(10-8-21)11-12-23-13-15-24(16-14-23)25-17-20(2)27(29-19-30)26(28)18-25/h13-18,21-22H,3-10H2,1-2H3. The molecule has 1 fully saturated rings. The molecule has 0 spiro atoms. The van der Waals surface area contributed by atoms with E-state index in [9.17, 15) is 0 Å². The number of thiocarbonyl (C=S) groups is 1. The molecule has 156 valence electrons. The summed E-state index contributed by atoms with van der Waals surface area (Å²) in [4.78, 5) is 4.06. The van der Waals surface area contributed by atoms with Crippen LogP contribution in [0.15, 0.2) is 41.4 Å². The van der Waals surface area contributed by atoms with E-state index in [0.717, 1.165) is 28.2 Å². The lowest BCUT2D eigenvalue weighted by Gasteiger charge is -2.25. The van der Waals surface area contributed by atoms with Gasteiger partial charge >= 0.3 is 0 Å². The number of isothiocyanates is 1. The molecule has 0 aliphatic heterocycles. The Morgan fingerprint density at radius 1 is 1.03 bits per heavy atom. The molecule has 0 heterocycles. The van der Waals surface area contributed by atoms with Crippen molar-refractivity contribution in [1.29, 1.82) is 0 Å². The highest BCUT2D eigenvalue weighted by Gasteiger charge is 2.19. The van der Waals surface area contributed by atoms with Gasteiger partial charge in [-0.15, -0.1) is 0 Å². The molecule has 1 aliphatic carbocycles. The van der Waals surface area contributed by atoms with Crippen molar-refractivity contribution in [2.24, 2.45) is 16.8 Å². The summed E-state index contributed by atoms with van der Waals surface area (Å²) < 4.78 is 0. The first-order valence-electron chi connectivity index (χ1n) is 11.1. The number of aliphatic imine (C=N–C) groups is 1. The highest BCUT2D eigenvalue weighted by molar-refractivity contribution is 7.78. The Balaban J connectivity index is 1.61. The normalized spacial score (nSPS) is 18.2. The molecule has 0 radical (unpaired) electrons. The Morgan fingerprint density at radius 2 is 1.77 bits per heavy atom. The number of hydrogen-bond acceptors (Lipinski definition) is 2. The average Bonchev–Trinajstić information content (AvgIpc) is 2.76. The van der Waals surface area contributed by atoms with E-state index in [1.54, 1.807) is 0 Å². The third-order valence-corrected chi connectivity index (χ3v) is 6.49. The van der Waals surface area contributed by atoms with Gasteiger partial charge < -0.3 is 0 Å². The van der Waals surface area contributed by atoms with Gasteiger partial charge in [0.2, 0.25) is 0 Å². The van der Waals surface area contributed by atoms with E-state index in [4.69, 9.17) is 23.8 Å². The van der Waals surface area contributed by atoms with Crippen molar-refractivity contribution in [3.05, 3.63) is 52.5 Å². The fraction of sp³-hybridized carbons (Fsp3) is 0.444. The zero-order valence-corrected chi connectivity index (χ0v) is 19.6. The summed E-state index contributed by atoms with van der Waals surface area (Å²) >= 11 is 11.1. The van der Waals surface area contributed by atoms with E-state index in [2.05, 4.69) is 59.3 Å². The van der Waals surface area contributed by atoms with Gasteiger partial charge in [-0.25, -0.2) is 0 Å². The highest BCUT2D eigenvalue weighted by Crippen LogP contribution is 2.34. The van der Waals surface area contributed by atoms with Crippen LogP contribution >= 0.6 is 23.8 Å². The molecule has 3 rings (SSSR count). The molecule has 1 aliphatic rings. The summed E-state index contributed by atoms with van der Waals surface area (Å²) in [6.07, 6.45) is 10.7. The second kappa shape index (κ2) is 11.5. The lowest BCUT2D eigenvalue weighted by Crippen LogP contribution is -2.13. The van der Waals surface area contributed by atoms with Crippen LogP contribution in [0, 0.1) is 30.6 Å². The van der Waals surface area contributed by atoms with Crippen LogP contribution in [0.1, 0.15) is 69.4 Å². The lowest BCUT2D eigenvalue weighted by molar-refractivity contribution is 0.294. The predicted octanol–water partition coefficient (Wildman–Crippen LogP) is 8.79. The van der Waals surface area contributed by atoms with Crippen LogP contribution in [0.2, 0.25) is 5.02 Å². The van der Waals surface area contributed by atoms with E-state index >= 15 is 0 Å². The van der Waals surface area contributed by atoms with Gasteiger partial charge in [-0.2, -0.15) is 4.99 Å². The number of nitrogens with zero attached hydrogens (tertiary/aromatic N) is 1. The first-order valence-corrected chi connectivity index (χ1v) is 11.9. The molecular weight excluding hydrogens is 406 g/mol. The SMILES string of the molecule is CCCCCC1CCC(C#Cc2ccc(-c3cc(C)c(N=C=S)c(Cl)c3)cc2)CC1. The van der Waals surface area contributed by atoms with E-state index in [0.29, 0.717) is 16.6 Å². The van der Waals surface area contributed by atoms with Crippen LogP contribution in [-0.4, -0.2) is 5.16 Å². The monoisotopic (exact) mass is 435 g/mol. The first-order chi connectivity index (χ1) is 14.6. The van der Waals surface area contributed by atoms with Crippen LogP contribution in [0.3, 0.4) is 0 Å². The van der Waals surface area contributed by atoms with Crippen LogP contribution in [0.25, 0.3) is 11.1 Å². The maximum Gasteiger partial charge on any atom is 0.0955 e. The van der Waals surface area contributed by atoms with Crippen molar-refractivity contribution >= 4 is 34.7 Å². The Labute approximate surface area is 192 Å². The summed E-state index contributed by atoms with van der Waals surface area (Å²) in [6.45, 7) is 4.27. The van der Waals surface area contributed by atoms with Crippen LogP contribution in [0.4, 0.5) is 5.69 Å². The lowest BCUT2D eigenvalue weighted by atomic mass is 9.80. The van der Waals surface area contributed by atoms with Gasteiger partial charge in [0.15, 0.2) is 0 Å². The Morgan fingerprint density at radius 3 is 2.40 bits per heavy atom. The molecule has 0 atom stereocenters. The van der Waals surface area contributed by atoms with Gasteiger partial charge in [0.05, 0.1) is 15.9 Å². The van der Waals surface area contributed by atoms with Crippen LogP contribution in [0.5, 0.6) is 0 Å². The fourth-order valence-electron chi connectivity index (χ4n) is 4.30. The first kappa shape index (κ1) is 22.8. The van der Waals surface area contributed by atoms with Crippen molar-refractivity contribution in [2.75, 3.05) is 0 Å². The molecule has 0 N–H and O–H groups in total. The molecule has 1 saturated carbocycles. The van der Waals surface area contributed by atoms with Crippen molar-refractivity contribution in [3.8, 4) is 23.0 Å². The molecule has 0 saturated heterocycles. The van der Waals surface area contributed by atoms with E-state index < -0.39 is 0 Å². The molecule has 1 nitrogen and oxygen atoms in total. The van der Waals surface area contributed by atoms with Gasteiger partial charge in [-0.3, -0.25) is 0 Å². The second-order valence-corrected chi connectivity index (χ2v) is 8.98. The number of halogens is 1. The van der Waals surface area contributed by atoms with Gasteiger partial charge in [0, 0.05) is 11.5 Å². The Hall–Kier alpha value is -1.91. The molecule has 0 amide bonds. The number of hydrogen-bond donors (Lipinski definition) is 0. The summed E-state index contributed by atoms with van der Waals surface area (Å²) in [6, 6.07) is 12.4. The van der Waals surface area contributed by atoms with Gasteiger partial charge in [-0.1, -0.05) is 68.2 Å². The minimum atomic E-state index is 0.558. The molecule has 0 aromatic heterocycles. The fourth-order valence-corrected chi connectivity index (χ4v) is 4.70. The third kappa shape index (κ3) is 6.29.